The number of fused-ring (bicyclic) bond motifs is 1. The van der Waals surface area contributed by atoms with Crippen LogP contribution in [-0.4, -0.2) is 10.7 Å². The summed E-state index contributed by atoms with van der Waals surface area (Å²) in [6.07, 6.45) is 10.4. The molecule has 0 fully saturated rings. The smallest absolute Gasteiger partial charge is 0.0302 e. The first-order chi connectivity index (χ1) is 9.43. The minimum atomic E-state index is 1.18. The summed E-state index contributed by atoms with van der Waals surface area (Å²) in [6.45, 7) is 0. The molecule has 2 heteroatoms. The minimum absolute atomic E-state index is 1.18. The lowest BCUT2D eigenvalue weighted by molar-refractivity contribution is 0.883. The third kappa shape index (κ3) is 3.19. The zero-order chi connectivity index (χ0) is 12.9. The lowest BCUT2D eigenvalue weighted by atomic mass is 10.0. The van der Waals surface area contributed by atoms with Crippen molar-refractivity contribution in [3.8, 4) is 0 Å². The molecular formula is C17H19NS. The molecule has 0 amide bonds. The van der Waals surface area contributed by atoms with Gasteiger partial charge in [-0.2, -0.15) is 0 Å². The van der Waals surface area contributed by atoms with E-state index >= 15 is 0 Å². The fourth-order valence-electron chi connectivity index (χ4n) is 2.76. The molecule has 1 aliphatic carbocycles. The Morgan fingerprint density at radius 3 is 2.84 bits per heavy atom. The van der Waals surface area contributed by atoms with Gasteiger partial charge in [0.15, 0.2) is 0 Å². The van der Waals surface area contributed by atoms with Crippen molar-refractivity contribution in [3.63, 3.8) is 0 Å². The van der Waals surface area contributed by atoms with E-state index in [1.54, 1.807) is 5.56 Å². The number of aromatic nitrogens is 1. The van der Waals surface area contributed by atoms with Crippen LogP contribution in [0.2, 0.25) is 0 Å². The number of hydrogen-bond donors (Lipinski definition) is 0. The highest BCUT2D eigenvalue weighted by Gasteiger charge is 2.14. The van der Waals surface area contributed by atoms with Crippen molar-refractivity contribution in [2.75, 3.05) is 5.75 Å². The van der Waals surface area contributed by atoms with E-state index in [1.807, 2.05) is 11.8 Å². The highest BCUT2D eigenvalue weighted by atomic mass is 32.2. The number of thioether (sulfide) groups is 1. The zero-order valence-electron chi connectivity index (χ0n) is 11.1. The van der Waals surface area contributed by atoms with Gasteiger partial charge in [-0.25, -0.2) is 0 Å². The Kier molecular flexibility index (Phi) is 4.19. The van der Waals surface area contributed by atoms with Gasteiger partial charge in [0.2, 0.25) is 0 Å². The lowest BCUT2D eigenvalue weighted by Crippen LogP contribution is -1.96. The van der Waals surface area contributed by atoms with Crippen molar-refractivity contribution in [3.05, 3.63) is 59.4 Å². The first-order valence-electron chi connectivity index (χ1n) is 7.06. The second-order valence-corrected chi connectivity index (χ2v) is 6.22. The molecule has 0 unspecified atom stereocenters. The molecule has 0 saturated carbocycles. The molecule has 1 heterocycles. The SMILES string of the molecule is c1ccc(SCCCc2cncc3c2CCC3)cc1. The third-order valence-electron chi connectivity index (χ3n) is 3.71. The van der Waals surface area contributed by atoms with Crippen LogP contribution in [0.1, 0.15) is 29.5 Å². The molecule has 1 aromatic heterocycles. The van der Waals surface area contributed by atoms with Crippen LogP contribution in [0.15, 0.2) is 47.6 Å². The van der Waals surface area contributed by atoms with Crippen LogP contribution in [0, 0.1) is 0 Å². The molecule has 0 atom stereocenters. The summed E-state index contributed by atoms with van der Waals surface area (Å²) < 4.78 is 0. The highest BCUT2D eigenvalue weighted by Crippen LogP contribution is 2.26. The molecule has 19 heavy (non-hydrogen) atoms. The maximum Gasteiger partial charge on any atom is 0.0302 e. The van der Waals surface area contributed by atoms with E-state index in [1.165, 1.54) is 53.9 Å². The molecule has 0 radical (unpaired) electrons. The van der Waals surface area contributed by atoms with Gasteiger partial charge >= 0.3 is 0 Å². The molecule has 0 saturated heterocycles. The Morgan fingerprint density at radius 1 is 1.05 bits per heavy atom. The first kappa shape index (κ1) is 12.7. The molecule has 2 aromatic rings. The van der Waals surface area contributed by atoms with Crippen LogP contribution in [0.4, 0.5) is 0 Å². The predicted octanol–water partition coefficient (Wildman–Crippen LogP) is 4.30. The number of benzene rings is 1. The molecule has 0 bridgehead atoms. The average Bonchev–Trinajstić information content (AvgIpc) is 2.94. The molecule has 0 aliphatic heterocycles. The van der Waals surface area contributed by atoms with Crippen LogP contribution in [0.3, 0.4) is 0 Å². The van der Waals surface area contributed by atoms with Crippen molar-refractivity contribution in [1.82, 2.24) is 4.98 Å². The van der Waals surface area contributed by atoms with E-state index in [4.69, 9.17) is 0 Å². The first-order valence-corrected chi connectivity index (χ1v) is 8.04. The topological polar surface area (TPSA) is 12.9 Å². The molecule has 1 aliphatic rings. The van der Waals surface area contributed by atoms with Crippen LogP contribution in [0.25, 0.3) is 0 Å². The molecule has 0 spiro atoms. The van der Waals surface area contributed by atoms with Gasteiger partial charge in [0.05, 0.1) is 0 Å². The van der Waals surface area contributed by atoms with Crippen LogP contribution in [-0.2, 0) is 19.3 Å². The minimum Gasteiger partial charge on any atom is -0.264 e. The standard InChI is InChI=1S/C17H19NS/c1-2-8-16(9-3-1)19-11-5-7-15-13-18-12-14-6-4-10-17(14)15/h1-3,8-9,12-13H,4-7,10-11H2. The van der Waals surface area contributed by atoms with E-state index in [2.05, 4.69) is 47.7 Å². The molecule has 1 aromatic carbocycles. The second-order valence-electron chi connectivity index (χ2n) is 5.05. The maximum absolute atomic E-state index is 4.39. The van der Waals surface area contributed by atoms with Crippen LogP contribution >= 0.6 is 11.8 Å². The van der Waals surface area contributed by atoms with Crippen molar-refractivity contribution < 1.29 is 0 Å². The Bertz CT molecular complexity index is 536. The number of pyridine rings is 1. The molecular weight excluding hydrogens is 250 g/mol. The second kappa shape index (κ2) is 6.25. The van der Waals surface area contributed by atoms with E-state index in [9.17, 15) is 0 Å². The largest absolute Gasteiger partial charge is 0.264 e. The van der Waals surface area contributed by atoms with E-state index in [-0.39, 0.29) is 0 Å². The van der Waals surface area contributed by atoms with Crippen molar-refractivity contribution in [2.24, 2.45) is 0 Å². The number of hydrogen-bond acceptors (Lipinski definition) is 2. The van der Waals surface area contributed by atoms with Gasteiger partial charge in [-0.3, -0.25) is 4.98 Å². The molecule has 3 rings (SSSR count). The Balaban J connectivity index is 1.52. The van der Waals surface area contributed by atoms with Gasteiger partial charge in [-0.15, -0.1) is 11.8 Å². The summed E-state index contributed by atoms with van der Waals surface area (Å²) >= 11 is 1.95. The monoisotopic (exact) mass is 269 g/mol. The van der Waals surface area contributed by atoms with Gasteiger partial charge in [-0.05, 0) is 66.7 Å². The van der Waals surface area contributed by atoms with E-state index in [0.717, 1.165) is 0 Å². The predicted molar refractivity (Wildman–Crippen MR) is 81.7 cm³/mol. The van der Waals surface area contributed by atoms with Gasteiger partial charge < -0.3 is 0 Å². The molecule has 0 N–H and O–H groups in total. The normalized spacial score (nSPS) is 13.5. The zero-order valence-corrected chi connectivity index (χ0v) is 12.0. The molecule has 1 nitrogen and oxygen atoms in total. The van der Waals surface area contributed by atoms with Crippen LogP contribution < -0.4 is 0 Å². The van der Waals surface area contributed by atoms with Crippen molar-refractivity contribution in [1.29, 1.82) is 0 Å². The Labute approximate surface area is 119 Å². The van der Waals surface area contributed by atoms with Gasteiger partial charge in [0.25, 0.3) is 0 Å². The van der Waals surface area contributed by atoms with Gasteiger partial charge in [0, 0.05) is 17.3 Å². The van der Waals surface area contributed by atoms with Crippen LogP contribution in [0.5, 0.6) is 0 Å². The quantitative estimate of drug-likeness (QED) is 0.593. The molecule has 98 valence electrons. The summed E-state index contributed by atoms with van der Waals surface area (Å²) in [5.74, 6) is 1.19. The van der Waals surface area contributed by atoms with Crippen molar-refractivity contribution in [2.45, 2.75) is 37.0 Å². The Morgan fingerprint density at radius 2 is 1.95 bits per heavy atom. The fraction of sp³-hybridized carbons (Fsp3) is 0.353. The number of rotatable bonds is 5. The summed E-state index contributed by atoms with van der Waals surface area (Å²) in [7, 11) is 0. The summed E-state index contributed by atoms with van der Waals surface area (Å²) in [6, 6.07) is 10.7. The third-order valence-corrected chi connectivity index (χ3v) is 4.81. The average molecular weight is 269 g/mol. The summed E-state index contributed by atoms with van der Waals surface area (Å²) in [5, 5.41) is 0. The fourth-order valence-corrected chi connectivity index (χ4v) is 3.63. The summed E-state index contributed by atoms with van der Waals surface area (Å²) in [4.78, 5) is 5.76. The summed E-state index contributed by atoms with van der Waals surface area (Å²) in [5.41, 5.74) is 4.58. The lowest BCUT2D eigenvalue weighted by Gasteiger charge is -2.07. The Hall–Kier alpha value is -1.28. The van der Waals surface area contributed by atoms with Gasteiger partial charge in [0.1, 0.15) is 0 Å². The van der Waals surface area contributed by atoms with Gasteiger partial charge in [-0.1, -0.05) is 18.2 Å². The number of nitrogens with zero attached hydrogens (tertiary/aromatic N) is 1. The highest BCUT2D eigenvalue weighted by molar-refractivity contribution is 7.99. The van der Waals surface area contributed by atoms with E-state index in [0.29, 0.717) is 0 Å². The number of aryl methyl sites for hydroxylation is 2. The van der Waals surface area contributed by atoms with E-state index < -0.39 is 0 Å². The maximum atomic E-state index is 4.39. The van der Waals surface area contributed by atoms with Crippen molar-refractivity contribution >= 4 is 11.8 Å².